The lowest BCUT2D eigenvalue weighted by molar-refractivity contribution is -0.145. The summed E-state index contributed by atoms with van der Waals surface area (Å²) in [5.41, 5.74) is 0.616. The summed E-state index contributed by atoms with van der Waals surface area (Å²) < 4.78 is 32.4. The van der Waals surface area contributed by atoms with E-state index in [2.05, 4.69) is 5.32 Å². The molecule has 0 aliphatic rings. The highest BCUT2D eigenvalue weighted by molar-refractivity contribution is 7.92. The minimum Gasteiger partial charge on any atom is -0.462 e. The molecule has 0 aromatic heterocycles. The summed E-state index contributed by atoms with van der Waals surface area (Å²) in [6, 6.07) is 11.9. The number of amides is 1. The van der Waals surface area contributed by atoms with Crippen LogP contribution < -0.4 is 9.62 Å². The Labute approximate surface area is 169 Å². The zero-order valence-corrected chi connectivity index (χ0v) is 17.3. The van der Waals surface area contributed by atoms with Gasteiger partial charge in [-0.25, -0.2) is 8.42 Å². The highest BCUT2D eigenvalue weighted by Gasteiger charge is 2.29. The standard InChI is InChI=1S/C19H21ClN2O5S/c1-13(2)27-19(24)12-22(18-7-5-4-6-17(18)20)28(25,26)16-10-8-15(9-11-16)21-14(3)23/h4-11,13H,12H2,1-3H3,(H,21,23). The first-order valence-electron chi connectivity index (χ1n) is 8.45. The van der Waals surface area contributed by atoms with Crippen LogP contribution >= 0.6 is 11.6 Å². The summed E-state index contributed by atoms with van der Waals surface area (Å²) >= 11 is 6.18. The van der Waals surface area contributed by atoms with Gasteiger partial charge in [0.2, 0.25) is 5.91 Å². The van der Waals surface area contributed by atoms with Gasteiger partial charge in [0.1, 0.15) is 6.54 Å². The average molecular weight is 425 g/mol. The molecular weight excluding hydrogens is 404 g/mol. The Morgan fingerprint density at radius 1 is 1.11 bits per heavy atom. The summed E-state index contributed by atoms with van der Waals surface area (Å²) in [5, 5.41) is 2.74. The number of para-hydroxylation sites is 1. The molecule has 0 unspecified atom stereocenters. The number of esters is 1. The highest BCUT2D eigenvalue weighted by atomic mass is 35.5. The predicted molar refractivity (Wildman–Crippen MR) is 108 cm³/mol. The Bertz CT molecular complexity index is 959. The molecule has 0 fully saturated rings. The molecule has 1 N–H and O–H groups in total. The van der Waals surface area contributed by atoms with E-state index in [9.17, 15) is 18.0 Å². The first-order valence-corrected chi connectivity index (χ1v) is 10.3. The summed E-state index contributed by atoms with van der Waals surface area (Å²) in [7, 11) is -4.12. The highest BCUT2D eigenvalue weighted by Crippen LogP contribution is 2.30. The number of nitrogens with one attached hydrogen (secondary N) is 1. The van der Waals surface area contributed by atoms with Crippen molar-refractivity contribution in [2.24, 2.45) is 0 Å². The van der Waals surface area contributed by atoms with Crippen molar-refractivity contribution < 1.29 is 22.7 Å². The summed E-state index contributed by atoms with van der Waals surface area (Å²) in [5.74, 6) is -0.974. The fraction of sp³-hybridized carbons (Fsp3) is 0.263. The third kappa shape index (κ3) is 5.46. The van der Waals surface area contributed by atoms with Crippen LogP contribution in [0, 0.1) is 0 Å². The molecule has 0 aliphatic heterocycles. The number of hydrogen-bond donors (Lipinski definition) is 1. The molecule has 2 aromatic carbocycles. The van der Waals surface area contributed by atoms with E-state index in [0.717, 1.165) is 4.31 Å². The minimum atomic E-state index is -4.12. The number of halogens is 1. The van der Waals surface area contributed by atoms with E-state index in [4.69, 9.17) is 16.3 Å². The van der Waals surface area contributed by atoms with Gasteiger partial charge in [-0.15, -0.1) is 0 Å². The zero-order valence-electron chi connectivity index (χ0n) is 15.7. The van der Waals surface area contributed by atoms with E-state index in [1.165, 1.54) is 43.3 Å². The molecule has 9 heteroatoms. The lowest BCUT2D eigenvalue weighted by atomic mass is 10.3. The smallest absolute Gasteiger partial charge is 0.327 e. The number of anilines is 2. The molecule has 28 heavy (non-hydrogen) atoms. The third-order valence-corrected chi connectivity index (χ3v) is 5.62. The number of carbonyl (C=O) groups is 2. The van der Waals surface area contributed by atoms with E-state index in [1.54, 1.807) is 26.0 Å². The molecule has 2 aromatic rings. The van der Waals surface area contributed by atoms with Gasteiger partial charge in [0.05, 0.1) is 21.7 Å². The van der Waals surface area contributed by atoms with E-state index >= 15 is 0 Å². The maximum absolute atomic E-state index is 13.2. The molecule has 1 amide bonds. The van der Waals surface area contributed by atoms with E-state index in [1.807, 2.05) is 0 Å². The number of nitrogens with zero attached hydrogens (tertiary/aromatic N) is 1. The molecule has 7 nitrogen and oxygen atoms in total. The van der Waals surface area contributed by atoms with E-state index < -0.39 is 22.5 Å². The second-order valence-electron chi connectivity index (χ2n) is 6.21. The van der Waals surface area contributed by atoms with Crippen LogP contribution in [0.25, 0.3) is 0 Å². The Morgan fingerprint density at radius 3 is 2.25 bits per heavy atom. The summed E-state index contributed by atoms with van der Waals surface area (Å²) in [6.45, 7) is 4.17. The van der Waals surface area contributed by atoms with Gasteiger partial charge in [-0.05, 0) is 50.2 Å². The molecule has 0 radical (unpaired) electrons. The lowest BCUT2D eigenvalue weighted by Crippen LogP contribution is -2.37. The van der Waals surface area contributed by atoms with Gasteiger partial charge >= 0.3 is 5.97 Å². The predicted octanol–water partition coefficient (Wildman–Crippen LogP) is 3.45. The van der Waals surface area contributed by atoms with Crippen LogP contribution in [-0.2, 0) is 24.3 Å². The lowest BCUT2D eigenvalue weighted by Gasteiger charge is -2.25. The Hall–Kier alpha value is -2.58. The Morgan fingerprint density at radius 2 is 1.71 bits per heavy atom. The monoisotopic (exact) mass is 424 g/mol. The van der Waals surface area contributed by atoms with Crippen molar-refractivity contribution >= 4 is 44.9 Å². The quantitative estimate of drug-likeness (QED) is 0.687. The van der Waals surface area contributed by atoms with Gasteiger partial charge in [-0.3, -0.25) is 13.9 Å². The Kier molecular flexibility index (Phi) is 7.04. The van der Waals surface area contributed by atoms with Crippen molar-refractivity contribution in [1.29, 1.82) is 0 Å². The normalized spacial score (nSPS) is 11.2. The van der Waals surface area contributed by atoms with Crippen LogP contribution in [0.5, 0.6) is 0 Å². The fourth-order valence-electron chi connectivity index (χ4n) is 2.41. The van der Waals surface area contributed by atoms with Crippen LogP contribution in [0.2, 0.25) is 5.02 Å². The number of hydrogen-bond acceptors (Lipinski definition) is 5. The van der Waals surface area contributed by atoms with Crippen molar-refractivity contribution in [3.8, 4) is 0 Å². The molecule has 0 saturated carbocycles. The number of rotatable bonds is 7. The first-order chi connectivity index (χ1) is 13.1. The van der Waals surface area contributed by atoms with Crippen molar-refractivity contribution in [3.05, 3.63) is 53.6 Å². The maximum Gasteiger partial charge on any atom is 0.327 e. The third-order valence-electron chi connectivity index (χ3n) is 3.52. The summed E-state index contributed by atoms with van der Waals surface area (Å²) in [4.78, 5) is 23.3. The van der Waals surface area contributed by atoms with Gasteiger partial charge in [0.15, 0.2) is 0 Å². The van der Waals surface area contributed by atoms with Gasteiger partial charge < -0.3 is 10.1 Å². The largest absolute Gasteiger partial charge is 0.462 e. The SMILES string of the molecule is CC(=O)Nc1ccc(S(=O)(=O)N(CC(=O)OC(C)C)c2ccccc2Cl)cc1. The first kappa shape index (κ1) is 21.7. The van der Waals surface area contributed by atoms with Crippen molar-refractivity contribution in [2.75, 3.05) is 16.2 Å². The number of sulfonamides is 1. The van der Waals surface area contributed by atoms with Crippen LogP contribution in [-0.4, -0.2) is 32.9 Å². The van der Waals surface area contributed by atoms with Gasteiger partial charge in [0, 0.05) is 12.6 Å². The Balaban J connectivity index is 2.44. The molecule has 0 aliphatic carbocycles. The molecule has 0 heterocycles. The van der Waals surface area contributed by atoms with Gasteiger partial charge in [-0.2, -0.15) is 0 Å². The topological polar surface area (TPSA) is 92.8 Å². The second kappa shape index (κ2) is 9.07. The van der Waals surface area contributed by atoms with Gasteiger partial charge in [0.25, 0.3) is 10.0 Å². The number of benzene rings is 2. The average Bonchev–Trinajstić information content (AvgIpc) is 2.59. The van der Waals surface area contributed by atoms with Crippen LogP contribution in [0.1, 0.15) is 20.8 Å². The fourth-order valence-corrected chi connectivity index (χ4v) is 4.13. The van der Waals surface area contributed by atoms with E-state index in [-0.39, 0.29) is 27.6 Å². The molecule has 0 bridgehead atoms. The number of carbonyl (C=O) groups excluding carboxylic acids is 2. The molecule has 0 saturated heterocycles. The molecule has 0 spiro atoms. The van der Waals surface area contributed by atoms with Crippen molar-refractivity contribution in [3.63, 3.8) is 0 Å². The van der Waals surface area contributed by atoms with Crippen LogP contribution in [0.3, 0.4) is 0 Å². The van der Waals surface area contributed by atoms with E-state index in [0.29, 0.717) is 5.69 Å². The van der Waals surface area contributed by atoms with Crippen molar-refractivity contribution in [2.45, 2.75) is 31.8 Å². The molecule has 2 rings (SSSR count). The molecule has 0 atom stereocenters. The minimum absolute atomic E-state index is 0.0566. The van der Waals surface area contributed by atoms with Gasteiger partial charge in [-0.1, -0.05) is 23.7 Å². The zero-order chi connectivity index (χ0) is 20.9. The maximum atomic E-state index is 13.2. The van der Waals surface area contributed by atoms with Crippen LogP contribution in [0.4, 0.5) is 11.4 Å². The van der Waals surface area contributed by atoms with Crippen molar-refractivity contribution in [1.82, 2.24) is 0 Å². The molecule has 150 valence electrons. The molecular formula is C19H21ClN2O5S. The summed E-state index contributed by atoms with van der Waals surface area (Å²) in [6.07, 6.45) is -0.389. The van der Waals surface area contributed by atoms with Crippen LogP contribution in [0.15, 0.2) is 53.4 Å². The number of ether oxygens (including phenoxy) is 1. The second-order valence-corrected chi connectivity index (χ2v) is 8.48.